The van der Waals surface area contributed by atoms with Crippen LogP contribution >= 0.6 is 0 Å². The number of anilines is 1. The Morgan fingerprint density at radius 1 is 1.33 bits per heavy atom. The fourth-order valence-corrected chi connectivity index (χ4v) is 2.77. The van der Waals surface area contributed by atoms with E-state index in [4.69, 9.17) is 5.73 Å². The van der Waals surface area contributed by atoms with Crippen LogP contribution in [0.2, 0.25) is 0 Å². The molecule has 0 spiro atoms. The molecule has 1 fully saturated rings. The highest BCUT2D eigenvalue weighted by molar-refractivity contribution is 5.95. The molecule has 0 aliphatic carbocycles. The number of hydrogen-bond donors (Lipinski definition) is 2. The van der Waals surface area contributed by atoms with Gasteiger partial charge in [0.1, 0.15) is 0 Å². The van der Waals surface area contributed by atoms with Crippen LogP contribution in [0, 0.1) is 5.92 Å². The molecule has 1 aliphatic rings. The molecule has 1 aromatic rings. The van der Waals surface area contributed by atoms with Crippen LogP contribution in [0.25, 0.3) is 0 Å². The number of carbonyl (C=O) groups excluding carboxylic acids is 2. The van der Waals surface area contributed by atoms with Gasteiger partial charge < -0.3 is 16.0 Å². The molecule has 5 nitrogen and oxygen atoms in total. The van der Waals surface area contributed by atoms with Crippen LogP contribution in [0.5, 0.6) is 0 Å². The van der Waals surface area contributed by atoms with Crippen molar-refractivity contribution in [3.63, 3.8) is 0 Å². The Hall–Kier alpha value is -1.88. The second kappa shape index (κ2) is 7.22. The average molecular weight is 289 g/mol. The fourth-order valence-electron chi connectivity index (χ4n) is 2.77. The zero-order valence-corrected chi connectivity index (χ0v) is 12.4. The molecule has 1 heterocycles. The van der Waals surface area contributed by atoms with Crippen LogP contribution in [-0.2, 0) is 9.59 Å². The minimum Gasteiger partial charge on any atom is -0.370 e. The minimum absolute atomic E-state index is 0.00864. The summed E-state index contributed by atoms with van der Waals surface area (Å²) in [6.45, 7) is 3.29. The number of amides is 2. The van der Waals surface area contributed by atoms with Crippen molar-refractivity contribution in [1.29, 1.82) is 0 Å². The summed E-state index contributed by atoms with van der Waals surface area (Å²) in [5, 5.41) is 3.35. The number of primary amides is 1. The number of nitrogens with one attached hydrogen (secondary N) is 1. The van der Waals surface area contributed by atoms with E-state index in [9.17, 15) is 9.59 Å². The number of hydrogen-bond acceptors (Lipinski definition) is 3. The lowest BCUT2D eigenvalue weighted by atomic mass is 9.91. The molecule has 21 heavy (non-hydrogen) atoms. The molecule has 1 saturated heterocycles. The number of benzene rings is 1. The normalized spacial score (nSPS) is 21.8. The average Bonchev–Trinajstić information content (AvgIpc) is 2.48. The first kappa shape index (κ1) is 15.5. The Labute approximate surface area is 125 Å². The number of piperidine rings is 1. The molecule has 1 aliphatic heterocycles. The predicted molar refractivity (Wildman–Crippen MR) is 82.8 cm³/mol. The van der Waals surface area contributed by atoms with E-state index in [0.29, 0.717) is 12.6 Å². The molecule has 2 atom stereocenters. The summed E-state index contributed by atoms with van der Waals surface area (Å²) in [7, 11) is 0. The summed E-state index contributed by atoms with van der Waals surface area (Å²) < 4.78 is 0. The minimum atomic E-state index is -0.387. The van der Waals surface area contributed by atoms with Gasteiger partial charge in [-0.3, -0.25) is 9.59 Å². The van der Waals surface area contributed by atoms with Crippen molar-refractivity contribution in [3.8, 4) is 0 Å². The summed E-state index contributed by atoms with van der Waals surface area (Å²) in [4.78, 5) is 25.6. The SMILES string of the molecule is C[C@H]1C[C@@H](C(=O)N(CCC(N)=O)c2ccccc2)CCN1. The van der Waals surface area contributed by atoms with E-state index < -0.39 is 0 Å². The lowest BCUT2D eigenvalue weighted by molar-refractivity contribution is -0.123. The Morgan fingerprint density at radius 2 is 2.05 bits per heavy atom. The van der Waals surface area contributed by atoms with Gasteiger partial charge in [-0.15, -0.1) is 0 Å². The predicted octanol–water partition coefficient (Wildman–Crippen LogP) is 1.28. The van der Waals surface area contributed by atoms with Gasteiger partial charge in [-0.05, 0) is 38.4 Å². The van der Waals surface area contributed by atoms with E-state index in [1.54, 1.807) is 4.90 Å². The van der Waals surface area contributed by atoms with Gasteiger partial charge in [0.25, 0.3) is 0 Å². The smallest absolute Gasteiger partial charge is 0.230 e. The molecule has 114 valence electrons. The summed E-state index contributed by atoms with van der Waals surface area (Å²) in [5.41, 5.74) is 6.06. The van der Waals surface area contributed by atoms with Gasteiger partial charge >= 0.3 is 0 Å². The van der Waals surface area contributed by atoms with Crippen molar-refractivity contribution < 1.29 is 9.59 Å². The Morgan fingerprint density at radius 3 is 2.67 bits per heavy atom. The monoisotopic (exact) mass is 289 g/mol. The van der Waals surface area contributed by atoms with Crippen LogP contribution in [-0.4, -0.2) is 30.9 Å². The van der Waals surface area contributed by atoms with Crippen LogP contribution in [0.1, 0.15) is 26.2 Å². The third-order valence-corrected chi connectivity index (χ3v) is 3.89. The van der Waals surface area contributed by atoms with Gasteiger partial charge in [0.05, 0.1) is 0 Å². The second-order valence-electron chi connectivity index (χ2n) is 5.62. The topological polar surface area (TPSA) is 75.4 Å². The first-order valence-corrected chi connectivity index (χ1v) is 7.46. The molecule has 0 unspecified atom stereocenters. The maximum atomic E-state index is 12.8. The number of para-hydroxylation sites is 1. The molecule has 3 N–H and O–H groups in total. The summed E-state index contributed by atoms with van der Waals surface area (Å²) >= 11 is 0. The molecule has 1 aromatic carbocycles. The van der Waals surface area contributed by atoms with E-state index in [2.05, 4.69) is 12.2 Å². The van der Waals surface area contributed by atoms with E-state index >= 15 is 0 Å². The molecular weight excluding hydrogens is 266 g/mol. The Kier molecular flexibility index (Phi) is 5.33. The lowest BCUT2D eigenvalue weighted by Gasteiger charge is -2.32. The number of nitrogens with zero attached hydrogens (tertiary/aromatic N) is 1. The van der Waals surface area contributed by atoms with Gasteiger partial charge in [-0.2, -0.15) is 0 Å². The van der Waals surface area contributed by atoms with Crippen LogP contribution in [0.3, 0.4) is 0 Å². The van der Waals surface area contributed by atoms with Crippen LogP contribution in [0.4, 0.5) is 5.69 Å². The van der Waals surface area contributed by atoms with Crippen LogP contribution in [0.15, 0.2) is 30.3 Å². The van der Waals surface area contributed by atoms with E-state index in [1.165, 1.54) is 0 Å². The van der Waals surface area contributed by atoms with Crippen molar-refractivity contribution in [3.05, 3.63) is 30.3 Å². The molecule has 2 rings (SSSR count). The van der Waals surface area contributed by atoms with Crippen molar-refractivity contribution >= 4 is 17.5 Å². The Bertz CT molecular complexity index is 490. The fraction of sp³-hybridized carbons (Fsp3) is 0.500. The van der Waals surface area contributed by atoms with Gasteiger partial charge in [0, 0.05) is 30.6 Å². The standard InChI is InChI=1S/C16H23N3O2/c1-12-11-13(7-9-18-12)16(21)19(10-8-15(17)20)14-5-3-2-4-6-14/h2-6,12-13,18H,7-11H2,1H3,(H2,17,20)/t12-,13-/m0/s1. The highest BCUT2D eigenvalue weighted by Crippen LogP contribution is 2.23. The van der Waals surface area contributed by atoms with Crippen molar-refractivity contribution in [2.45, 2.75) is 32.2 Å². The summed E-state index contributed by atoms with van der Waals surface area (Å²) in [6.07, 6.45) is 1.85. The summed E-state index contributed by atoms with van der Waals surface area (Å²) in [5.74, 6) is -0.285. The zero-order chi connectivity index (χ0) is 15.2. The van der Waals surface area contributed by atoms with Crippen molar-refractivity contribution in [2.75, 3.05) is 18.0 Å². The molecule has 0 radical (unpaired) electrons. The molecule has 0 aromatic heterocycles. The molecule has 2 amide bonds. The molecule has 5 heteroatoms. The third-order valence-electron chi connectivity index (χ3n) is 3.89. The first-order valence-electron chi connectivity index (χ1n) is 7.46. The largest absolute Gasteiger partial charge is 0.370 e. The van der Waals surface area contributed by atoms with E-state index in [1.807, 2.05) is 30.3 Å². The molecule has 0 bridgehead atoms. The van der Waals surface area contributed by atoms with E-state index in [-0.39, 0.29) is 24.2 Å². The van der Waals surface area contributed by atoms with Crippen LogP contribution < -0.4 is 16.0 Å². The van der Waals surface area contributed by atoms with Crippen molar-refractivity contribution in [2.24, 2.45) is 11.7 Å². The number of rotatable bonds is 5. The van der Waals surface area contributed by atoms with Gasteiger partial charge in [0.2, 0.25) is 11.8 Å². The second-order valence-corrected chi connectivity index (χ2v) is 5.62. The van der Waals surface area contributed by atoms with Gasteiger partial charge in [-0.25, -0.2) is 0 Å². The summed E-state index contributed by atoms with van der Waals surface area (Å²) in [6, 6.07) is 9.83. The van der Waals surface area contributed by atoms with Gasteiger partial charge in [-0.1, -0.05) is 18.2 Å². The zero-order valence-electron chi connectivity index (χ0n) is 12.4. The number of nitrogens with two attached hydrogens (primary N) is 1. The molecule has 0 saturated carbocycles. The third kappa shape index (κ3) is 4.29. The lowest BCUT2D eigenvalue weighted by Crippen LogP contribution is -2.45. The highest BCUT2D eigenvalue weighted by atomic mass is 16.2. The maximum Gasteiger partial charge on any atom is 0.230 e. The quantitative estimate of drug-likeness (QED) is 0.857. The van der Waals surface area contributed by atoms with E-state index in [0.717, 1.165) is 25.1 Å². The highest BCUT2D eigenvalue weighted by Gasteiger charge is 2.29. The molecular formula is C16H23N3O2. The number of carbonyl (C=O) groups is 2. The van der Waals surface area contributed by atoms with Crippen molar-refractivity contribution in [1.82, 2.24) is 5.32 Å². The first-order chi connectivity index (χ1) is 10.1. The maximum absolute atomic E-state index is 12.8. The van der Waals surface area contributed by atoms with Gasteiger partial charge in [0.15, 0.2) is 0 Å². The Balaban J connectivity index is 2.14.